The molecule has 0 N–H and O–H groups in total. The van der Waals surface area contributed by atoms with Gasteiger partial charge in [-0.1, -0.05) is 169 Å². The summed E-state index contributed by atoms with van der Waals surface area (Å²) in [5.74, 6) is 0. The van der Waals surface area contributed by atoms with Crippen molar-refractivity contribution in [3.8, 4) is 0 Å². The van der Waals surface area contributed by atoms with Gasteiger partial charge in [0.1, 0.15) is 0 Å². The Kier molecular flexibility index (Phi) is 29.8. The van der Waals surface area contributed by atoms with Crippen molar-refractivity contribution in [1.82, 2.24) is 0 Å². The average molecular weight is 531 g/mol. The summed E-state index contributed by atoms with van der Waals surface area (Å²) in [6.45, 7) is 9.00. The van der Waals surface area contributed by atoms with Gasteiger partial charge in [-0.2, -0.15) is 0 Å². The average Bonchev–Trinajstić information content (AvgIpc) is 2.88. The number of hydrogen-bond donors (Lipinski definition) is 0. The van der Waals surface area contributed by atoms with E-state index in [1.165, 1.54) is 116 Å². The van der Waals surface area contributed by atoms with E-state index in [2.05, 4.69) is 27.7 Å². The van der Waals surface area contributed by atoms with Crippen molar-refractivity contribution < 1.29 is 13.6 Å². The summed E-state index contributed by atoms with van der Waals surface area (Å²) >= 11 is 0. The summed E-state index contributed by atoms with van der Waals surface area (Å²) < 4.78 is 25.0. The lowest BCUT2D eigenvalue weighted by molar-refractivity contribution is 0.107. The Morgan fingerprint density at radius 2 is 0.639 bits per heavy atom. The van der Waals surface area contributed by atoms with Crippen LogP contribution in [-0.2, 0) is 13.6 Å². The lowest BCUT2D eigenvalue weighted by Gasteiger charge is -2.21. The predicted octanol–water partition coefficient (Wildman–Crippen LogP) is 12.4. The van der Waals surface area contributed by atoms with Crippen LogP contribution in [0.2, 0.25) is 0 Å². The summed E-state index contributed by atoms with van der Waals surface area (Å²) in [5.41, 5.74) is 0. The van der Waals surface area contributed by atoms with E-state index in [-0.39, 0.29) is 12.2 Å². The molecule has 0 aliphatic rings. The van der Waals surface area contributed by atoms with Gasteiger partial charge in [-0.25, -0.2) is 0 Å². The van der Waals surface area contributed by atoms with Crippen LogP contribution in [0.25, 0.3) is 0 Å². The Morgan fingerprint density at radius 3 is 0.944 bits per heavy atom. The maximum absolute atomic E-state index is 12.9. The molecule has 0 heterocycles. The molecule has 0 aromatic heterocycles. The van der Waals surface area contributed by atoms with Crippen molar-refractivity contribution >= 4 is 8.25 Å². The highest BCUT2D eigenvalue weighted by atomic mass is 31.1. The zero-order chi connectivity index (χ0) is 26.5. The first-order chi connectivity index (χ1) is 17.7. The zero-order valence-corrected chi connectivity index (χ0v) is 26.3. The molecule has 0 rings (SSSR count). The van der Waals surface area contributed by atoms with Gasteiger partial charge < -0.3 is 9.05 Å². The SMILES string of the molecule is CCCCCCCCCCCC(CCCC)O[PH](=O)OC(CCCC)CCCCCCCCCCC. The first-order valence-electron chi connectivity index (χ1n) is 16.5. The Labute approximate surface area is 228 Å². The number of hydrogen-bond acceptors (Lipinski definition) is 3. The van der Waals surface area contributed by atoms with E-state index in [4.69, 9.17) is 9.05 Å². The molecule has 2 atom stereocenters. The van der Waals surface area contributed by atoms with Crippen molar-refractivity contribution in [2.45, 2.75) is 207 Å². The van der Waals surface area contributed by atoms with Gasteiger partial charge >= 0.3 is 8.25 Å². The second-order valence-electron chi connectivity index (χ2n) is 11.2. The molecule has 218 valence electrons. The predicted molar refractivity (Wildman–Crippen MR) is 161 cm³/mol. The quantitative estimate of drug-likeness (QED) is 0.0684. The highest BCUT2D eigenvalue weighted by molar-refractivity contribution is 7.33. The molecule has 0 aromatic carbocycles. The molecule has 0 bridgehead atoms. The molecular formula is C32H67O3P. The summed E-state index contributed by atoms with van der Waals surface area (Å²) in [6.07, 6.45) is 33.1. The van der Waals surface area contributed by atoms with Crippen LogP contribution in [0.5, 0.6) is 0 Å². The third kappa shape index (κ3) is 25.8. The molecule has 0 aliphatic carbocycles. The van der Waals surface area contributed by atoms with Crippen LogP contribution in [0.1, 0.15) is 195 Å². The zero-order valence-electron chi connectivity index (χ0n) is 25.3. The van der Waals surface area contributed by atoms with Gasteiger partial charge in [0.2, 0.25) is 0 Å². The Morgan fingerprint density at radius 1 is 0.389 bits per heavy atom. The fourth-order valence-corrected chi connectivity index (χ4v) is 6.12. The van der Waals surface area contributed by atoms with E-state index >= 15 is 0 Å². The first-order valence-corrected chi connectivity index (χ1v) is 17.8. The van der Waals surface area contributed by atoms with Crippen LogP contribution < -0.4 is 0 Å². The van der Waals surface area contributed by atoms with Crippen LogP contribution in [0.4, 0.5) is 0 Å². The van der Waals surface area contributed by atoms with Gasteiger partial charge in [-0.15, -0.1) is 0 Å². The van der Waals surface area contributed by atoms with Crippen molar-refractivity contribution in [3.05, 3.63) is 0 Å². The second kappa shape index (κ2) is 29.7. The van der Waals surface area contributed by atoms with Gasteiger partial charge in [0.15, 0.2) is 0 Å². The summed E-state index contributed by atoms with van der Waals surface area (Å²) in [4.78, 5) is 0. The fourth-order valence-electron chi connectivity index (χ4n) is 5.05. The van der Waals surface area contributed by atoms with Gasteiger partial charge in [0, 0.05) is 0 Å². The van der Waals surface area contributed by atoms with Gasteiger partial charge in [-0.05, 0) is 25.7 Å². The number of unbranched alkanes of at least 4 members (excludes halogenated alkanes) is 18. The van der Waals surface area contributed by atoms with Crippen LogP contribution in [0, 0.1) is 0 Å². The smallest absolute Gasteiger partial charge is 0.307 e. The van der Waals surface area contributed by atoms with Crippen molar-refractivity contribution in [2.75, 3.05) is 0 Å². The minimum Gasteiger partial charge on any atom is -0.307 e. The molecular weight excluding hydrogens is 463 g/mol. The molecule has 0 aliphatic heterocycles. The van der Waals surface area contributed by atoms with Gasteiger partial charge in [0.05, 0.1) is 12.2 Å². The minimum atomic E-state index is -2.42. The van der Waals surface area contributed by atoms with E-state index in [1.807, 2.05) is 0 Å². The summed E-state index contributed by atoms with van der Waals surface area (Å²) in [7, 11) is -2.42. The molecule has 3 nitrogen and oxygen atoms in total. The van der Waals surface area contributed by atoms with E-state index in [9.17, 15) is 4.57 Å². The topological polar surface area (TPSA) is 35.5 Å². The maximum atomic E-state index is 12.9. The van der Waals surface area contributed by atoms with Crippen molar-refractivity contribution in [3.63, 3.8) is 0 Å². The van der Waals surface area contributed by atoms with Gasteiger partial charge in [-0.3, -0.25) is 4.57 Å². The lowest BCUT2D eigenvalue weighted by Crippen LogP contribution is -2.13. The molecule has 0 aromatic rings. The molecule has 0 amide bonds. The molecule has 0 spiro atoms. The fraction of sp³-hybridized carbons (Fsp3) is 1.00. The lowest BCUT2D eigenvalue weighted by atomic mass is 10.0. The van der Waals surface area contributed by atoms with Crippen LogP contribution in [0.15, 0.2) is 0 Å². The molecule has 0 radical (unpaired) electrons. The van der Waals surface area contributed by atoms with Crippen LogP contribution in [0.3, 0.4) is 0 Å². The van der Waals surface area contributed by atoms with E-state index in [0.29, 0.717) is 0 Å². The maximum Gasteiger partial charge on any atom is 0.319 e. The Bertz CT molecular complexity index is 405. The summed E-state index contributed by atoms with van der Waals surface area (Å²) in [5, 5.41) is 0. The molecule has 4 heteroatoms. The molecule has 2 unspecified atom stereocenters. The van der Waals surface area contributed by atoms with Crippen molar-refractivity contribution in [2.24, 2.45) is 0 Å². The minimum absolute atomic E-state index is 0.112. The van der Waals surface area contributed by atoms with E-state index in [0.717, 1.165) is 51.4 Å². The summed E-state index contributed by atoms with van der Waals surface area (Å²) in [6, 6.07) is 0. The normalized spacial score (nSPS) is 14.2. The third-order valence-corrected chi connectivity index (χ3v) is 8.60. The second-order valence-corrected chi connectivity index (χ2v) is 12.2. The Hall–Kier alpha value is 0.150. The monoisotopic (exact) mass is 530 g/mol. The largest absolute Gasteiger partial charge is 0.319 e. The standard InChI is InChI=1S/C32H67O3P/c1-5-9-13-15-17-19-21-23-25-29-31(27-11-7-3)34-36(33)35-32(28-12-8-4)30-26-24-22-20-18-16-14-10-6-2/h31-32,36H,5-30H2,1-4H3. The van der Waals surface area contributed by atoms with Crippen LogP contribution >= 0.6 is 8.25 Å². The van der Waals surface area contributed by atoms with Crippen molar-refractivity contribution in [1.29, 1.82) is 0 Å². The Balaban J connectivity index is 4.20. The molecule has 36 heavy (non-hydrogen) atoms. The first kappa shape index (κ1) is 36.1. The van der Waals surface area contributed by atoms with E-state index in [1.54, 1.807) is 0 Å². The third-order valence-electron chi connectivity index (χ3n) is 7.54. The van der Waals surface area contributed by atoms with Gasteiger partial charge in [0.25, 0.3) is 0 Å². The highest BCUT2D eigenvalue weighted by Gasteiger charge is 2.17. The molecule has 0 fully saturated rings. The van der Waals surface area contributed by atoms with E-state index < -0.39 is 8.25 Å². The molecule has 0 saturated carbocycles. The highest BCUT2D eigenvalue weighted by Crippen LogP contribution is 2.34. The van der Waals surface area contributed by atoms with Crippen LogP contribution in [-0.4, -0.2) is 12.2 Å². The molecule has 0 saturated heterocycles. The number of rotatable bonds is 30.